The Hall–Kier alpha value is -1.80. The van der Waals surface area contributed by atoms with E-state index in [0.29, 0.717) is 26.2 Å². The Bertz CT molecular complexity index is 495. The fourth-order valence-corrected chi connectivity index (χ4v) is 1.76. The largest absolute Gasteiger partial charge is 0.480 e. The molecule has 1 unspecified atom stereocenters. The summed E-state index contributed by atoms with van der Waals surface area (Å²) < 4.78 is 48.6. The number of benzene rings is 1. The summed E-state index contributed by atoms with van der Waals surface area (Å²) in [7, 11) is 1.58. The second-order valence-corrected chi connectivity index (χ2v) is 4.79. The van der Waals surface area contributed by atoms with Crippen molar-refractivity contribution < 1.29 is 27.4 Å². The Morgan fingerprint density at radius 1 is 1.22 bits per heavy atom. The molecule has 1 aromatic rings. The number of para-hydroxylation sites is 1. The predicted molar refractivity (Wildman–Crippen MR) is 79.3 cm³/mol. The summed E-state index contributed by atoms with van der Waals surface area (Å²) in [4.78, 5) is 11.8. The summed E-state index contributed by atoms with van der Waals surface area (Å²) in [5.74, 6) is -0.837. The van der Waals surface area contributed by atoms with E-state index in [1.54, 1.807) is 7.11 Å². The van der Waals surface area contributed by atoms with Crippen molar-refractivity contribution in [2.24, 2.45) is 0 Å². The van der Waals surface area contributed by atoms with Gasteiger partial charge in [0.25, 0.3) is 5.91 Å². The van der Waals surface area contributed by atoms with E-state index in [2.05, 4.69) is 10.6 Å². The summed E-state index contributed by atoms with van der Waals surface area (Å²) in [6.45, 7) is 3.48. The van der Waals surface area contributed by atoms with Gasteiger partial charge in [-0.3, -0.25) is 4.79 Å². The number of ether oxygens (including phenoxy) is 2. The highest BCUT2D eigenvalue weighted by atomic mass is 19.4. The summed E-state index contributed by atoms with van der Waals surface area (Å²) in [5.41, 5.74) is -0.902. The van der Waals surface area contributed by atoms with Crippen LogP contribution in [0.3, 0.4) is 0 Å². The number of rotatable bonds is 9. The van der Waals surface area contributed by atoms with Crippen LogP contribution in [0.25, 0.3) is 0 Å². The molecule has 130 valence electrons. The smallest absolute Gasteiger partial charge is 0.419 e. The standard InChI is InChI=1S/C15H21F3N2O3/c1-11(14(21)20-8-7-19-9-10-22-2)23-13-6-4-3-5-12(13)15(16,17)18/h3-6,11,19H,7-10H2,1-2H3,(H,20,21). The number of methoxy groups -OCH3 is 1. The number of carbonyl (C=O) groups excluding carboxylic acids is 1. The number of hydrogen-bond donors (Lipinski definition) is 2. The minimum Gasteiger partial charge on any atom is -0.480 e. The van der Waals surface area contributed by atoms with Gasteiger partial charge in [0, 0.05) is 26.7 Å². The molecule has 0 aliphatic heterocycles. The molecule has 1 rings (SSSR count). The fourth-order valence-electron chi connectivity index (χ4n) is 1.76. The van der Waals surface area contributed by atoms with E-state index in [9.17, 15) is 18.0 Å². The van der Waals surface area contributed by atoms with Crippen molar-refractivity contribution in [3.8, 4) is 5.75 Å². The highest BCUT2D eigenvalue weighted by Gasteiger charge is 2.34. The molecule has 5 nitrogen and oxygen atoms in total. The lowest BCUT2D eigenvalue weighted by molar-refractivity contribution is -0.140. The first kappa shape index (κ1) is 19.2. The molecule has 23 heavy (non-hydrogen) atoms. The molecular weight excluding hydrogens is 313 g/mol. The molecule has 0 aromatic heterocycles. The maximum Gasteiger partial charge on any atom is 0.419 e. The molecule has 0 heterocycles. The van der Waals surface area contributed by atoms with E-state index in [4.69, 9.17) is 9.47 Å². The lowest BCUT2D eigenvalue weighted by Gasteiger charge is -2.18. The summed E-state index contributed by atoms with van der Waals surface area (Å²) in [6.07, 6.45) is -5.56. The third-order valence-corrected chi connectivity index (χ3v) is 2.95. The van der Waals surface area contributed by atoms with Crippen LogP contribution in [0.5, 0.6) is 5.75 Å². The van der Waals surface area contributed by atoms with Crippen molar-refractivity contribution in [1.82, 2.24) is 10.6 Å². The first-order chi connectivity index (χ1) is 10.9. The number of carbonyl (C=O) groups is 1. The van der Waals surface area contributed by atoms with Crippen LogP contribution in [-0.2, 0) is 15.7 Å². The third kappa shape index (κ3) is 6.87. The zero-order valence-electron chi connectivity index (χ0n) is 13.1. The highest BCUT2D eigenvalue weighted by Crippen LogP contribution is 2.36. The van der Waals surface area contributed by atoms with Crippen LogP contribution in [0.1, 0.15) is 12.5 Å². The van der Waals surface area contributed by atoms with E-state index >= 15 is 0 Å². The molecule has 0 aliphatic rings. The SMILES string of the molecule is COCCNCCNC(=O)C(C)Oc1ccccc1C(F)(F)F. The van der Waals surface area contributed by atoms with E-state index < -0.39 is 23.8 Å². The van der Waals surface area contributed by atoms with Gasteiger partial charge >= 0.3 is 6.18 Å². The highest BCUT2D eigenvalue weighted by molar-refractivity contribution is 5.80. The van der Waals surface area contributed by atoms with Gasteiger partial charge in [-0.25, -0.2) is 0 Å². The third-order valence-electron chi connectivity index (χ3n) is 2.95. The lowest BCUT2D eigenvalue weighted by atomic mass is 10.2. The van der Waals surface area contributed by atoms with Gasteiger partial charge in [0.15, 0.2) is 6.10 Å². The number of nitrogens with one attached hydrogen (secondary N) is 2. The molecule has 1 aromatic carbocycles. The van der Waals surface area contributed by atoms with Crippen LogP contribution in [-0.4, -0.2) is 45.4 Å². The average molecular weight is 334 g/mol. The molecule has 0 saturated carbocycles. The summed E-state index contributed by atoms with van der Waals surface area (Å²) in [6, 6.07) is 4.81. The zero-order valence-corrected chi connectivity index (χ0v) is 13.1. The van der Waals surface area contributed by atoms with Crippen molar-refractivity contribution >= 4 is 5.91 Å². The van der Waals surface area contributed by atoms with Gasteiger partial charge in [0.2, 0.25) is 0 Å². The van der Waals surface area contributed by atoms with Gasteiger partial charge in [-0.2, -0.15) is 13.2 Å². The Labute approximate surface area is 133 Å². The zero-order chi connectivity index (χ0) is 17.3. The number of amides is 1. The molecule has 0 saturated heterocycles. The van der Waals surface area contributed by atoms with Crippen molar-refractivity contribution in [3.05, 3.63) is 29.8 Å². The quantitative estimate of drug-likeness (QED) is 0.677. The molecule has 0 aliphatic carbocycles. The van der Waals surface area contributed by atoms with Crippen molar-refractivity contribution in [3.63, 3.8) is 0 Å². The molecule has 0 radical (unpaired) electrons. The van der Waals surface area contributed by atoms with Crippen molar-refractivity contribution in [2.45, 2.75) is 19.2 Å². The normalized spacial score (nSPS) is 12.7. The molecule has 2 N–H and O–H groups in total. The van der Waals surface area contributed by atoms with Crippen LogP contribution < -0.4 is 15.4 Å². The molecule has 1 amide bonds. The molecule has 0 spiro atoms. The second-order valence-electron chi connectivity index (χ2n) is 4.79. The fraction of sp³-hybridized carbons (Fsp3) is 0.533. The van der Waals surface area contributed by atoms with Crippen LogP contribution in [0.4, 0.5) is 13.2 Å². The van der Waals surface area contributed by atoms with Crippen LogP contribution in [0.2, 0.25) is 0 Å². The van der Waals surface area contributed by atoms with Crippen LogP contribution in [0, 0.1) is 0 Å². The Morgan fingerprint density at radius 3 is 2.57 bits per heavy atom. The monoisotopic (exact) mass is 334 g/mol. The molecular formula is C15H21F3N2O3. The molecule has 8 heteroatoms. The van der Waals surface area contributed by atoms with Gasteiger partial charge in [-0.15, -0.1) is 0 Å². The minimum absolute atomic E-state index is 0.344. The van der Waals surface area contributed by atoms with Crippen molar-refractivity contribution in [2.75, 3.05) is 33.4 Å². The van der Waals surface area contributed by atoms with E-state index in [1.165, 1.54) is 25.1 Å². The van der Waals surface area contributed by atoms with Gasteiger partial charge in [0.1, 0.15) is 5.75 Å². The first-order valence-corrected chi connectivity index (χ1v) is 7.16. The van der Waals surface area contributed by atoms with E-state index in [0.717, 1.165) is 6.07 Å². The first-order valence-electron chi connectivity index (χ1n) is 7.16. The lowest BCUT2D eigenvalue weighted by Crippen LogP contribution is -2.40. The summed E-state index contributed by atoms with van der Waals surface area (Å²) in [5, 5.41) is 5.62. The predicted octanol–water partition coefficient (Wildman–Crippen LogP) is 1.82. The van der Waals surface area contributed by atoms with Gasteiger partial charge in [0.05, 0.1) is 12.2 Å². The second kappa shape index (κ2) is 9.36. The molecule has 0 bridgehead atoms. The van der Waals surface area contributed by atoms with Crippen LogP contribution >= 0.6 is 0 Å². The van der Waals surface area contributed by atoms with E-state index in [-0.39, 0.29) is 5.75 Å². The molecule has 1 atom stereocenters. The molecule has 0 fully saturated rings. The Morgan fingerprint density at radius 2 is 1.91 bits per heavy atom. The maximum atomic E-state index is 12.9. The van der Waals surface area contributed by atoms with Gasteiger partial charge in [-0.1, -0.05) is 12.1 Å². The Kier molecular flexibility index (Phi) is 7.84. The summed E-state index contributed by atoms with van der Waals surface area (Å²) >= 11 is 0. The topological polar surface area (TPSA) is 59.6 Å². The van der Waals surface area contributed by atoms with E-state index in [1.807, 2.05) is 0 Å². The van der Waals surface area contributed by atoms with Crippen LogP contribution in [0.15, 0.2) is 24.3 Å². The Balaban J connectivity index is 2.47. The van der Waals surface area contributed by atoms with Crippen molar-refractivity contribution in [1.29, 1.82) is 0 Å². The van der Waals surface area contributed by atoms with Gasteiger partial charge in [-0.05, 0) is 19.1 Å². The number of halogens is 3. The number of alkyl halides is 3. The maximum absolute atomic E-state index is 12.9. The minimum atomic E-state index is -4.53. The van der Waals surface area contributed by atoms with Gasteiger partial charge < -0.3 is 20.1 Å². The average Bonchev–Trinajstić information content (AvgIpc) is 2.50. The number of hydrogen-bond acceptors (Lipinski definition) is 4.